The minimum absolute atomic E-state index is 0.152. The maximum atomic E-state index is 14.1. The average Bonchev–Trinajstić information content (AvgIpc) is 3.37. The first-order valence-electron chi connectivity index (χ1n) is 14.3. The summed E-state index contributed by atoms with van der Waals surface area (Å²) in [6.07, 6.45) is 3.46. The molecule has 222 valence electrons. The molecule has 4 aromatic carbocycles. The van der Waals surface area contributed by atoms with Crippen molar-refractivity contribution in [3.8, 4) is 17.6 Å². The third-order valence-electron chi connectivity index (χ3n) is 8.12. The molecule has 5 aromatic rings. The number of halogens is 2. The Bertz CT molecular complexity index is 2230. The molecular formula is C36H25FIN3O3S. The van der Waals surface area contributed by atoms with Gasteiger partial charge in [-0.2, -0.15) is 5.26 Å². The van der Waals surface area contributed by atoms with Gasteiger partial charge in [0.15, 0.2) is 16.3 Å². The summed E-state index contributed by atoms with van der Waals surface area (Å²) in [5.74, 6) is 0.762. The van der Waals surface area contributed by atoms with E-state index in [1.54, 1.807) is 29.9 Å². The fraction of sp³-hybridized carbons (Fsp3) is 0.139. The second-order valence-electron chi connectivity index (χ2n) is 10.8. The molecular weight excluding hydrogens is 700 g/mol. The Balaban J connectivity index is 1.32. The molecule has 0 unspecified atom stereocenters. The van der Waals surface area contributed by atoms with Crippen LogP contribution in [0.25, 0.3) is 11.8 Å². The number of benzene rings is 4. The molecule has 7 rings (SSSR count). The SMILES string of the molecule is COc1cc(/C=c2/sc3n(c2=O)[C@@H](c2ccc(F)cc2)C2=C(N=3)c3ccccc3CC2)cc(I)c1OCc1ccccc1C#N. The Morgan fingerprint density at radius 2 is 1.87 bits per heavy atom. The number of allylic oxidation sites excluding steroid dienone is 1. The van der Waals surface area contributed by atoms with E-state index in [2.05, 4.69) is 40.8 Å². The number of aromatic nitrogens is 1. The van der Waals surface area contributed by atoms with Gasteiger partial charge >= 0.3 is 0 Å². The highest BCUT2D eigenvalue weighted by Crippen LogP contribution is 2.41. The lowest BCUT2D eigenvalue weighted by Crippen LogP contribution is -2.38. The van der Waals surface area contributed by atoms with Gasteiger partial charge in [0.25, 0.3) is 5.56 Å². The molecule has 0 saturated heterocycles. The Morgan fingerprint density at radius 3 is 2.67 bits per heavy atom. The highest BCUT2D eigenvalue weighted by Gasteiger charge is 2.32. The van der Waals surface area contributed by atoms with Crippen LogP contribution in [0.2, 0.25) is 0 Å². The molecule has 6 nitrogen and oxygen atoms in total. The number of nitriles is 1. The van der Waals surface area contributed by atoms with Crippen molar-refractivity contribution < 1.29 is 13.9 Å². The van der Waals surface area contributed by atoms with Crippen molar-refractivity contribution >= 4 is 45.7 Å². The Morgan fingerprint density at radius 1 is 1.09 bits per heavy atom. The van der Waals surface area contributed by atoms with E-state index in [1.165, 1.54) is 29.0 Å². The first-order valence-corrected chi connectivity index (χ1v) is 16.2. The summed E-state index contributed by atoms with van der Waals surface area (Å²) in [6.45, 7) is 0.214. The van der Waals surface area contributed by atoms with Gasteiger partial charge < -0.3 is 9.47 Å². The highest BCUT2D eigenvalue weighted by molar-refractivity contribution is 14.1. The van der Waals surface area contributed by atoms with Gasteiger partial charge in [-0.05, 0) is 94.1 Å². The highest BCUT2D eigenvalue weighted by atomic mass is 127. The van der Waals surface area contributed by atoms with Crippen LogP contribution in [-0.2, 0) is 13.0 Å². The topological polar surface area (TPSA) is 76.6 Å². The molecule has 2 heterocycles. The molecule has 45 heavy (non-hydrogen) atoms. The van der Waals surface area contributed by atoms with E-state index in [9.17, 15) is 14.4 Å². The standard InChI is InChI=1S/C36H25FIN3O3S/c1-43-30-17-21(16-29(38)34(30)44-20-25-8-3-2-7-24(25)19-39)18-31-35(42)41-33(23-10-13-26(37)14-11-23)28-15-12-22-6-4-5-9-27(22)32(28)40-36(41)45-31/h2-11,13-14,16-18,33H,12,15,20H2,1H3/b31-18+/t33-/m0/s1. The zero-order valence-corrected chi connectivity index (χ0v) is 27.1. The van der Waals surface area contributed by atoms with Gasteiger partial charge in [0, 0.05) is 11.1 Å². The number of ether oxygens (including phenoxy) is 2. The zero-order chi connectivity index (χ0) is 31.1. The number of hydrogen-bond donors (Lipinski definition) is 0. The third-order valence-corrected chi connectivity index (χ3v) is 9.90. The lowest BCUT2D eigenvalue weighted by molar-refractivity contribution is 0.282. The van der Waals surface area contributed by atoms with E-state index in [0.29, 0.717) is 26.4 Å². The predicted molar refractivity (Wildman–Crippen MR) is 180 cm³/mol. The van der Waals surface area contributed by atoms with Gasteiger partial charge in [-0.3, -0.25) is 9.36 Å². The van der Waals surface area contributed by atoms with Gasteiger partial charge in [0.2, 0.25) is 0 Å². The van der Waals surface area contributed by atoms with Crippen molar-refractivity contribution in [1.29, 1.82) is 5.26 Å². The molecule has 0 fully saturated rings. The van der Waals surface area contributed by atoms with Crippen LogP contribution in [0, 0.1) is 20.7 Å². The number of rotatable bonds is 6. The lowest BCUT2D eigenvalue weighted by Gasteiger charge is -2.30. The molecule has 0 N–H and O–H groups in total. The van der Waals surface area contributed by atoms with Crippen LogP contribution in [0.15, 0.2) is 100 Å². The average molecular weight is 726 g/mol. The minimum atomic E-state index is -0.380. The largest absolute Gasteiger partial charge is 0.493 e. The Hall–Kier alpha value is -4.53. The smallest absolute Gasteiger partial charge is 0.271 e. The molecule has 9 heteroatoms. The molecule has 0 amide bonds. The van der Waals surface area contributed by atoms with Crippen LogP contribution in [0.5, 0.6) is 11.5 Å². The fourth-order valence-electron chi connectivity index (χ4n) is 5.99. The van der Waals surface area contributed by atoms with E-state index in [-0.39, 0.29) is 24.0 Å². The Kier molecular flexibility index (Phi) is 7.85. The Labute approximate surface area is 276 Å². The molecule has 2 aliphatic rings. The summed E-state index contributed by atoms with van der Waals surface area (Å²) in [5, 5.41) is 9.44. The van der Waals surface area contributed by atoms with Gasteiger partial charge in [-0.1, -0.05) is 65.9 Å². The van der Waals surface area contributed by atoms with Crippen LogP contribution >= 0.6 is 33.9 Å². The van der Waals surface area contributed by atoms with Crippen LogP contribution in [0.1, 0.15) is 45.8 Å². The number of nitrogens with zero attached hydrogens (tertiary/aromatic N) is 3. The number of hydrogen-bond acceptors (Lipinski definition) is 6. The number of fused-ring (bicyclic) bond motifs is 3. The van der Waals surface area contributed by atoms with Crippen molar-refractivity contribution in [3.05, 3.63) is 153 Å². The molecule has 1 atom stereocenters. The molecule has 1 aliphatic carbocycles. The van der Waals surface area contributed by atoms with Crippen molar-refractivity contribution in [2.45, 2.75) is 25.5 Å². The van der Waals surface area contributed by atoms with E-state index < -0.39 is 0 Å². The van der Waals surface area contributed by atoms with Crippen molar-refractivity contribution in [2.24, 2.45) is 4.99 Å². The second-order valence-corrected chi connectivity index (χ2v) is 12.9. The molecule has 1 aliphatic heterocycles. The summed E-state index contributed by atoms with van der Waals surface area (Å²) in [6, 6.07) is 27.6. The van der Waals surface area contributed by atoms with Crippen LogP contribution in [-0.4, -0.2) is 11.7 Å². The molecule has 0 radical (unpaired) electrons. The zero-order valence-electron chi connectivity index (χ0n) is 24.1. The van der Waals surface area contributed by atoms with E-state index >= 15 is 0 Å². The quantitative estimate of drug-likeness (QED) is 0.187. The monoisotopic (exact) mass is 725 g/mol. The molecule has 0 bridgehead atoms. The maximum absolute atomic E-state index is 14.1. The first-order chi connectivity index (χ1) is 21.9. The summed E-state index contributed by atoms with van der Waals surface area (Å²) >= 11 is 3.53. The normalized spacial score (nSPS) is 15.4. The van der Waals surface area contributed by atoms with E-state index in [4.69, 9.17) is 14.5 Å². The van der Waals surface area contributed by atoms with Gasteiger partial charge in [0.05, 0.1) is 38.6 Å². The van der Waals surface area contributed by atoms with E-state index in [1.807, 2.05) is 48.5 Å². The second kappa shape index (κ2) is 12.1. The van der Waals surface area contributed by atoms with Gasteiger partial charge in [0.1, 0.15) is 12.4 Å². The number of aryl methyl sites for hydroxylation is 1. The number of thiazole rings is 1. The van der Waals surface area contributed by atoms with Crippen LogP contribution in [0.4, 0.5) is 4.39 Å². The summed E-state index contributed by atoms with van der Waals surface area (Å²) < 4.78 is 28.9. The predicted octanol–water partition coefficient (Wildman–Crippen LogP) is 6.52. The lowest BCUT2D eigenvalue weighted by atomic mass is 9.83. The fourth-order valence-corrected chi connectivity index (χ4v) is 7.77. The van der Waals surface area contributed by atoms with E-state index in [0.717, 1.165) is 49.9 Å². The number of methoxy groups -OCH3 is 1. The summed E-state index contributed by atoms with van der Waals surface area (Å²) in [7, 11) is 1.57. The molecule has 0 saturated carbocycles. The van der Waals surface area contributed by atoms with Crippen molar-refractivity contribution in [1.82, 2.24) is 4.57 Å². The van der Waals surface area contributed by atoms with Gasteiger partial charge in [-0.25, -0.2) is 9.38 Å². The maximum Gasteiger partial charge on any atom is 0.271 e. The van der Waals surface area contributed by atoms with Crippen molar-refractivity contribution in [2.75, 3.05) is 7.11 Å². The molecule has 0 spiro atoms. The first kappa shape index (κ1) is 29.2. The van der Waals surface area contributed by atoms with Crippen LogP contribution in [0.3, 0.4) is 0 Å². The van der Waals surface area contributed by atoms with Crippen LogP contribution < -0.4 is 24.4 Å². The third kappa shape index (κ3) is 5.38. The summed E-state index contributed by atoms with van der Waals surface area (Å²) in [4.78, 5) is 19.8. The summed E-state index contributed by atoms with van der Waals surface area (Å²) in [5.41, 5.74) is 7.09. The molecule has 1 aromatic heterocycles. The van der Waals surface area contributed by atoms with Crippen molar-refractivity contribution in [3.63, 3.8) is 0 Å². The van der Waals surface area contributed by atoms with Gasteiger partial charge in [-0.15, -0.1) is 0 Å². The minimum Gasteiger partial charge on any atom is -0.493 e.